The van der Waals surface area contributed by atoms with Gasteiger partial charge in [0.05, 0.1) is 26.2 Å². The molecule has 1 atom stereocenters. The number of carbonyl (C=O) groups is 2. The molecule has 0 heterocycles. The van der Waals surface area contributed by atoms with Crippen LogP contribution in [0.15, 0.2) is 72.8 Å². The van der Waals surface area contributed by atoms with E-state index in [0.29, 0.717) is 24.3 Å². The molecule has 1 N–H and O–H groups in total. The Labute approximate surface area is 240 Å². The van der Waals surface area contributed by atoms with Gasteiger partial charge in [0.1, 0.15) is 18.4 Å². The standard InChI is InChI=1S/C30H36FN3O6S/c1-5-17-32-30(36)26(18-22-9-7-6-8-10-22)33(20-23-11-13-24(31)14-12-23)29(35)21-34(41(4,37)38)25-15-16-27(39-2)28(19-25)40-3/h6-16,19,26H,5,17-18,20-21H2,1-4H3,(H,32,36). The molecule has 0 bridgehead atoms. The number of methoxy groups -OCH3 is 2. The van der Waals surface area contributed by atoms with Gasteiger partial charge in [-0.05, 0) is 41.8 Å². The number of nitrogens with zero attached hydrogens (tertiary/aromatic N) is 2. The number of hydrogen-bond acceptors (Lipinski definition) is 6. The lowest BCUT2D eigenvalue weighted by molar-refractivity contribution is -0.140. The van der Waals surface area contributed by atoms with Gasteiger partial charge in [-0.3, -0.25) is 13.9 Å². The van der Waals surface area contributed by atoms with E-state index >= 15 is 0 Å². The van der Waals surface area contributed by atoms with Gasteiger partial charge in [-0.2, -0.15) is 0 Å². The van der Waals surface area contributed by atoms with E-state index in [4.69, 9.17) is 9.47 Å². The van der Waals surface area contributed by atoms with Crippen molar-refractivity contribution in [1.29, 1.82) is 0 Å². The number of rotatable bonds is 14. The molecule has 3 rings (SSSR count). The van der Waals surface area contributed by atoms with Gasteiger partial charge in [-0.25, -0.2) is 12.8 Å². The SMILES string of the molecule is CCCNC(=O)C(Cc1ccccc1)N(Cc1ccc(F)cc1)C(=O)CN(c1ccc(OC)c(OC)c1)S(C)(=O)=O. The van der Waals surface area contributed by atoms with Gasteiger partial charge in [0, 0.05) is 25.6 Å². The van der Waals surface area contributed by atoms with Crippen molar-refractivity contribution in [1.82, 2.24) is 10.2 Å². The molecular formula is C30H36FN3O6S. The lowest BCUT2D eigenvalue weighted by Gasteiger charge is -2.33. The zero-order valence-corrected chi connectivity index (χ0v) is 24.5. The predicted molar refractivity (Wildman–Crippen MR) is 156 cm³/mol. The lowest BCUT2D eigenvalue weighted by atomic mass is 10.0. The first-order valence-corrected chi connectivity index (χ1v) is 15.0. The summed E-state index contributed by atoms with van der Waals surface area (Å²) in [5, 5.41) is 2.87. The summed E-state index contributed by atoms with van der Waals surface area (Å²) < 4.78 is 51.1. The average molecular weight is 586 g/mol. The van der Waals surface area contributed by atoms with Crippen LogP contribution >= 0.6 is 0 Å². The van der Waals surface area contributed by atoms with Gasteiger partial charge in [0.15, 0.2) is 11.5 Å². The zero-order valence-electron chi connectivity index (χ0n) is 23.7. The summed E-state index contributed by atoms with van der Waals surface area (Å²) in [5.74, 6) is -0.741. The van der Waals surface area contributed by atoms with E-state index in [1.165, 1.54) is 55.5 Å². The van der Waals surface area contributed by atoms with E-state index < -0.39 is 34.3 Å². The average Bonchev–Trinajstić information content (AvgIpc) is 2.96. The van der Waals surface area contributed by atoms with Crippen molar-refractivity contribution >= 4 is 27.5 Å². The molecule has 0 aliphatic rings. The molecule has 41 heavy (non-hydrogen) atoms. The fourth-order valence-electron chi connectivity index (χ4n) is 4.30. The number of amides is 2. The summed E-state index contributed by atoms with van der Waals surface area (Å²) in [6.45, 7) is 1.70. The number of halogens is 1. The third-order valence-electron chi connectivity index (χ3n) is 6.42. The number of hydrogen-bond donors (Lipinski definition) is 1. The molecule has 0 saturated heterocycles. The first-order valence-electron chi connectivity index (χ1n) is 13.1. The normalized spacial score (nSPS) is 11.8. The van der Waals surface area contributed by atoms with E-state index in [0.717, 1.165) is 16.1 Å². The Morgan fingerprint density at radius 1 is 0.927 bits per heavy atom. The maximum Gasteiger partial charge on any atom is 0.244 e. The second-order valence-corrected chi connectivity index (χ2v) is 11.4. The third kappa shape index (κ3) is 8.68. The van der Waals surface area contributed by atoms with Crippen LogP contribution in [0.4, 0.5) is 10.1 Å². The molecule has 0 saturated carbocycles. The van der Waals surface area contributed by atoms with E-state index in [2.05, 4.69) is 5.32 Å². The molecule has 0 aromatic heterocycles. The molecule has 9 nitrogen and oxygen atoms in total. The molecule has 0 aliphatic heterocycles. The van der Waals surface area contributed by atoms with Crippen LogP contribution in [0, 0.1) is 5.82 Å². The van der Waals surface area contributed by atoms with Crippen molar-refractivity contribution in [3.05, 3.63) is 89.7 Å². The Morgan fingerprint density at radius 2 is 1.59 bits per heavy atom. The van der Waals surface area contributed by atoms with Gasteiger partial charge in [-0.1, -0.05) is 49.4 Å². The van der Waals surface area contributed by atoms with Crippen LogP contribution in [0.3, 0.4) is 0 Å². The van der Waals surface area contributed by atoms with Crippen molar-refractivity contribution in [2.75, 3.05) is 37.9 Å². The van der Waals surface area contributed by atoms with Crippen LogP contribution < -0.4 is 19.1 Å². The molecular weight excluding hydrogens is 549 g/mol. The number of sulfonamides is 1. The Hall–Kier alpha value is -4.12. The Kier molecular flexibility index (Phi) is 11.1. The van der Waals surface area contributed by atoms with Gasteiger partial charge < -0.3 is 19.7 Å². The van der Waals surface area contributed by atoms with Gasteiger partial charge in [-0.15, -0.1) is 0 Å². The van der Waals surface area contributed by atoms with E-state index in [1.54, 1.807) is 6.07 Å². The van der Waals surface area contributed by atoms with Crippen LogP contribution in [-0.4, -0.2) is 64.7 Å². The minimum Gasteiger partial charge on any atom is -0.493 e. The fourth-order valence-corrected chi connectivity index (χ4v) is 5.14. The number of carbonyl (C=O) groups excluding carboxylic acids is 2. The highest BCUT2D eigenvalue weighted by atomic mass is 32.2. The van der Waals surface area contributed by atoms with Gasteiger partial charge in [0.2, 0.25) is 21.8 Å². The highest BCUT2D eigenvalue weighted by Gasteiger charge is 2.33. The number of nitrogens with one attached hydrogen (secondary N) is 1. The smallest absolute Gasteiger partial charge is 0.244 e. The maximum atomic E-state index is 14.0. The molecule has 3 aromatic carbocycles. The number of anilines is 1. The Balaban J connectivity index is 2.05. The summed E-state index contributed by atoms with van der Waals surface area (Å²) in [5.41, 5.74) is 1.59. The van der Waals surface area contributed by atoms with Crippen molar-refractivity contribution in [3.63, 3.8) is 0 Å². The molecule has 11 heteroatoms. The Bertz CT molecular complexity index is 1420. The lowest BCUT2D eigenvalue weighted by Crippen LogP contribution is -2.53. The first kappa shape index (κ1) is 31.4. The third-order valence-corrected chi connectivity index (χ3v) is 7.56. The summed E-state index contributed by atoms with van der Waals surface area (Å²) in [7, 11) is -1.07. The molecule has 0 aliphatic carbocycles. The van der Waals surface area contributed by atoms with Crippen LogP contribution in [0.25, 0.3) is 0 Å². The molecule has 0 fully saturated rings. The first-order chi connectivity index (χ1) is 19.6. The highest BCUT2D eigenvalue weighted by Crippen LogP contribution is 2.32. The second kappa shape index (κ2) is 14.5. The molecule has 0 radical (unpaired) electrons. The molecule has 1 unspecified atom stereocenters. The van der Waals surface area contributed by atoms with E-state index in [9.17, 15) is 22.4 Å². The van der Waals surface area contributed by atoms with Crippen LogP contribution in [0.2, 0.25) is 0 Å². The minimum atomic E-state index is -3.95. The highest BCUT2D eigenvalue weighted by molar-refractivity contribution is 7.92. The van der Waals surface area contributed by atoms with Crippen LogP contribution in [0.5, 0.6) is 11.5 Å². The number of ether oxygens (including phenoxy) is 2. The van der Waals surface area contributed by atoms with Gasteiger partial charge in [0.25, 0.3) is 0 Å². The molecule has 0 spiro atoms. The van der Waals surface area contributed by atoms with Crippen LogP contribution in [-0.2, 0) is 32.6 Å². The Morgan fingerprint density at radius 3 is 2.17 bits per heavy atom. The monoisotopic (exact) mass is 585 g/mol. The zero-order chi connectivity index (χ0) is 30.0. The van der Waals surface area contributed by atoms with Crippen molar-refractivity contribution < 1.29 is 31.9 Å². The predicted octanol–water partition coefficient (Wildman–Crippen LogP) is 3.78. The molecule has 3 aromatic rings. The summed E-state index contributed by atoms with van der Waals surface area (Å²) in [6.07, 6.45) is 1.88. The number of benzene rings is 3. The van der Waals surface area contributed by atoms with E-state index in [-0.39, 0.29) is 30.3 Å². The van der Waals surface area contributed by atoms with E-state index in [1.807, 2.05) is 37.3 Å². The van der Waals surface area contributed by atoms with Crippen molar-refractivity contribution in [2.45, 2.75) is 32.4 Å². The quantitative estimate of drug-likeness (QED) is 0.309. The largest absolute Gasteiger partial charge is 0.493 e. The van der Waals surface area contributed by atoms with Crippen molar-refractivity contribution in [3.8, 4) is 11.5 Å². The maximum absolute atomic E-state index is 14.0. The fraction of sp³-hybridized carbons (Fsp3) is 0.333. The molecule has 2 amide bonds. The van der Waals surface area contributed by atoms with Gasteiger partial charge >= 0.3 is 0 Å². The summed E-state index contributed by atoms with van der Waals surface area (Å²) in [6, 6.07) is 18.4. The molecule has 220 valence electrons. The minimum absolute atomic E-state index is 0.0420. The van der Waals surface area contributed by atoms with Crippen molar-refractivity contribution in [2.24, 2.45) is 0 Å². The van der Waals surface area contributed by atoms with Crippen LogP contribution in [0.1, 0.15) is 24.5 Å². The summed E-state index contributed by atoms with van der Waals surface area (Å²) >= 11 is 0. The topological polar surface area (TPSA) is 105 Å². The second-order valence-electron chi connectivity index (χ2n) is 9.45. The summed E-state index contributed by atoms with van der Waals surface area (Å²) in [4.78, 5) is 28.9.